The smallest absolute Gasteiger partial charge is 0.251 e. The highest BCUT2D eigenvalue weighted by Gasteiger charge is 2.06. The maximum atomic E-state index is 11.7. The Balaban J connectivity index is 0.00000108. The summed E-state index contributed by atoms with van der Waals surface area (Å²) in [6.45, 7) is 12.2. The number of carbonyl (C=O) groups is 1. The lowest BCUT2D eigenvalue weighted by Crippen LogP contribution is -2.17. The monoisotopic (exact) mass is 408 g/mol. The number of anilines is 2. The van der Waals surface area contributed by atoms with Crippen LogP contribution in [0.3, 0.4) is 0 Å². The predicted molar refractivity (Wildman–Crippen MR) is 129 cm³/mol. The fraction of sp³-hybridized carbons (Fsp3) is 0.320. The summed E-state index contributed by atoms with van der Waals surface area (Å²) in [5, 5.41) is 5.74. The zero-order chi connectivity index (χ0) is 22.8. The second-order valence-corrected chi connectivity index (χ2v) is 5.62. The Hall–Kier alpha value is -3.21. The van der Waals surface area contributed by atoms with E-state index < -0.39 is 0 Å². The van der Waals surface area contributed by atoms with Crippen molar-refractivity contribution in [3.05, 3.63) is 72.4 Å². The van der Waals surface area contributed by atoms with Gasteiger partial charge in [0.1, 0.15) is 0 Å². The average Bonchev–Trinajstić information content (AvgIpc) is 2.82. The first-order valence-corrected chi connectivity index (χ1v) is 10.7. The van der Waals surface area contributed by atoms with Crippen LogP contribution in [-0.4, -0.2) is 22.9 Å². The van der Waals surface area contributed by atoms with E-state index in [0.29, 0.717) is 11.5 Å². The third kappa shape index (κ3) is 9.32. The number of benzene rings is 2. The number of hydrogen-bond donors (Lipinski definition) is 2. The third-order valence-electron chi connectivity index (χ3n) is 3.33. The molecular formula is C25H36N4O. The van der Waals surface area contributed by atoms with Crippen molar-refractivity contribution in [3.63, 3.8) is 0 Å². The second-order valence-electron chi connectivity index (χ2n) is 5.62. The quantitative estimate of drug-likeness (QED) is 0.503. The Kier molecular flexibility index (Phi) is 14.9. The highest BCUT2D eigenvalue weighted by atomic mass is 16.1. The van der Waals surface area contributed by atoms with Crippen LogP contribution in [0.25, 0.3) is 11.3 Å². The van der Waals surface area contributed by atoms with E-state index in [-0.39, 0.29) is 5.91 Å². The lowest BCUT2D eigenvalue weighted by Gasteiger charge is -2.08. The standard InChI is InChI=1S/C18H16N4O.C3H8.2C2H6/c1-19-17(23)14-8-5-9-15(12-14)21-18-20-11-10-16(22-18)13-6-3-2-4-7-13;1-3-2;2*1-2/h2-12H,1H3,(H,19,23)(H,20,21,22);3H2,1-2H3;2*1-2H3. The maximum Gasteiger partial charge on any atom is 0.251 e. The van der Waals surface area contributed by atoms with Crippen LogP contribution in [0.15, 0.2) is 66.9 Å². The van der Waals surface area contributed by atoms with Gasteiger partial charge in [-0.25, -0.2) is 9.97 Å². The van der Waals surface area contributed by atoms with Crippen LogP contribution >= 0.6 is 0 Å². The molecule has 5 heteroatoms. The Morgan fingerprint density at radius 1 is 0.900 bits per heavy atom. The van der Waals surface area contributed by atoms with Gasteiger partial charge in [-0.05, 0) is 24.3 Å². The molecule has 0 fully saturated rings. The molecule has 0 spiro atoms. The summed E-state index contributed by atoms with van der Waals surface area (Å²) < 4.78 is 0. The summed E-state index contributed by atoms with van der Waals surface area (Å²) in [6.07, 6.45) is 2.96. The molecule has 0 unspecified atom stereocenters. The predicted octanol–water partition coefficient (Wildman–Crippen LogP) is 6.72. The number of carbonyl (C=O) groups excluding carboxylic acids is 1. The highest BCUT2D eigenvalue weighted by molar-refractivity contribution is 5.95. The van der Waals surface area contributed by atoms with Gasteiger partial charge in [-0.15, -0.1) is 0 Å². The van der Waals surface area contributed by atoms with Crippen LogP contribution in [0.2, 0.25) is 0 Å². The van der Waals surface area contributed by atoms with Gasteiger partial charge >= 0.3 is 0 Å². The molecule has 3 rings (SSSR count). The van der Waals surface area contributed by atoms with Crippen LogP contribution in [0.1, 0.15) is 58.3 Å². The number of aromatic nitrogens is 2. The van der Waals surface area contributed by atoms with Crippen molar-refractivity contribution >= 4 is 17.5 Å². The summed E-state index contributed by atoms with van der Waals surface area (Å²) in [6, 6.07) is 19.0. The molecule has 1 aromatic heterocycles. The maximum absolute atomic E-state index is 11.7. The molecule has 0 atom stereocenters. The van der Waals surface area contributed by atoms with Gasteiger partial charge in [0.05, 0.1) is 5.69 Å². The minimum absolute atomic E-state index is 0.132. The topological polar surface area (TPSA) is 66.9 Å². The van der Waals surface area contributed by atoms with Gasteiger partial charge < -0.3 is 10.6 Å². The zero-order valence-electron chi connectivity index (χ0n) is 19.4. The molecule has 0 aliphatic heterocycles. The fourth-order valence-corrected chi connectivity index (χ4v) is 2.20. The number of hydrogen-bond acceptors (Lipinski definition) is 4. The first-order chi connectivity index (χ1) is 14.7. The molecule has 0 bridgehead atoms. The van der Waals surface area contributed by atoms with Gasteiger partial charge in [0.15, 0.2) is 0 Å². The number of rotatable bonds is 4. The van der Waals surface area contributed by atoms with E-state index in [9.17, 15) is 4.79 Å². The van der Waals surface area contributed by atoms with Crippen molar-refractivity contribution < 1.29 is 4.79 Å². The lowest BCUT2D eigenvalue weighted by molar-refractivity contribution is 0.0963. The van der Waals surface area contributed by atoms with Gasteiger partial charge in [0.25, 0.3) is 5.91 Å². The molecule has 0 radical (unpaired) electrons. The summed E-state index contributed by atoms with van der Waals surface area (Å²) in [4.78, 5) is 20.4. The normalized spacial score (nSPS) is 8.77. The SMILES string of the molecule is CC.CC.CCC.CNC(=O)c1cccc(Nc2nccc(-c3ccccc3)n2)c1. The van der Waals surface area contributed by atoms with Crippen molar-refractivity contribution in [1.82, 2.24) is 15.3 Å². The fourth-order valence-electron chi connectivity index (χ4n) is 2.20. The van der Waals surface area contributed by atoms with E-state index in [1.165, 1.54) is 6.42 Å². The minimum Gasteiger partial charge on any atom is -0.355 e. The molecule has 0 aliphatic carbocycles. The molecule has 5 nitrogen and oxygen atoms in total. The van der Waals surface area contributed by atoms with E-state index in [4.69, 9.17) is 0 Å². The summed E-state index contributed by atoms with van der Waals surface area (Å²) in [7, 11) is 1.61. The summed E-state index contributed by atoms with van der Waals surface area (Å²) in [5.74, 6) is 0.355. The molecule has 1 amide bonds. The van der Waals surface area contributed by atoms with E-state index in [1.54, 1.807) is 25.4 Å². The van der Waals surface area contributed by atoms with Crippen molar-refractivity contribution in [2.75, 3.05) is 12.4 Å². The molecule has 162 valence electrons. The minimum atomic E-state index is -0.132. The van der Waals surface area contributed by atoms with Gasteiger partial charge in [-0.1, -0.05) is 84.4 Å². The van der Waals surface area contributed by atoms with Crippen LogP contribution in [0, 0.1) is 0 Å². The first kappa shape index (κ1) is 26.8. The number of nitrogens with zero attached hydrogens (tertiary/aromatic N) is 2. The molecule has 30 heavy (non-hydrogen) atoms. The van der Waals surface area contributed by atoms with E-state index in [2.05, 4.69) is 34.4 Å². The van der Waals surface area contributed by atoms with Gasteiger partial charge in [-0.3, -0.25) is 4.79 Å². The third-order valence-corrected chi connectivity index (χ3v) is 3.33. The Bertz CT molecular complexity index is 835. The van der Waals surface area contributed by atoms with Crippen LogP contribution < -0.4 is 10.6 Å². The highest BCUT2D eigenvalue weighted by Crippen LogP contribution is 2.19. The van der Waals surface area contributed by atoms with Crippen molar-refractivity contribution in [3.8, 4) is 11.3 Å². The Morgan fingerprint density at radius 3 is 2.13 bits per heavy atom. The largest absolute Gasteiger partial charge is 0.355 e. The average molecular weight is 409 g/mol. The molecule has 2 aromatic carbocycles. The Morgan fingerprint density at radius 2 is 1.53 bits per heavy atom. The molecule has 0 saturated heterocycles. The van der Waals surface area contributed by atoms with Crippen molar-refractivity contribution in [1.29, 1.82) is 0 Å². The molecular weight excluding hydrogens is 372 g/mol. The zero-order valence-corrected chi connectivity index (χ0v) is 19.4. The van der Waals surface area contributed by atoms with E-state index >= 15 is 0 Å². The Labute approximate surface area is 182 Å². The molecule has 2 N–H and O–H groups in total. The molecule has 3 aromatic rings. The molecule has 1 heterocycles. The van der Waals surface area contributed by atoms with Gasteiger partial charge in [0, 0.05) is 30.1 Å². The number of nitrogens with one attached hydrogen (secondary N) is 2. The van der Waals surface area contributed by atoms with E-state index in [0.717, 1.165) is 16.9 Å². The summed E-state index contributed by atoms with van der Waals surface area (Å²) in [5.41, 5.74) is 3.20. The van der Waals surface area contributed by atoms with Gasteiger partial charge in [0.2, 0.25) is 5.95 Å². The summed E-state index contributed by atoms with van der Waals surface area (Å²) >= 11 is 0. The first-order valence-electron chi connectivity index (χ1n) is 10.7. The van der Waals surface area contributed by atoms with Crippen LogP contribution in [0.5, 0.6) is 0 Å². The number of amides is 1. The molecule has 0 saturated carbocycles. The van der Waals surface area contributed by atoms with Crippen LogP contribution in [0.4, 0.5) is 11.6 Å². The lowest BCUT2D eigenvalue weighted by atomic mass is 10.1. The van der Waals surface area contributed by atoms with Crippen molar-refractivity contribution in [2.24, 2.45) is 0 Å². The van der Waals surface area contributed by atoms with E-state index in [1.807, 2.05) is 76.2 Å². The van der Waals surface area contributed by atoms with Crippen molar-refractivity contribution in [2.45, 2.75) is 48.0 Å². The second kappa shape index (κ2) is 16.7. The van der Waals surface area contributed by atoms with Gasteiger partial charge in [-0.2, -0.15) is 0 Å². The van der Waals surface area contributed by atoms with Crippen LogP contribution in [-0.2, 0) is 0 Å². The molecule has 0 aliphatic rings.